The molecule has 0 spiro atoms. The summed E-state index contributed by atoms with van der Waals surface area (Å²) < 4.78 is 18.9. The zero-order valence-corrected chi connectivity index (χ0v) is 11.2. The molecule has 0 heterocycles. The molecule has 1 nitrogen and oxygen atoms in total. The lowest BCUT2D eigenvalue weighted by molar-refractivity contribution is 0.380. The van der Waals surface area contributed by atoms with Gasteiger partial charge in [-0.3, -0.25) is 0 Å². The van der Waals surface area contributed by atoms with Crippen LogP contribution in [0.1, 0.15) is 12.5 Å². The molecule has 1 atom stereocenters. The number of halogens is 2. The lowest BCUT2D eigenvalue weighted by Crippen LogP contribution is -2.19. The Labute approximate surface area is 104 Å². The van der Waals surface area contributed by atoms with Gasteiger partial charge in [0.25, 0.3) is 0 Å². The van der Waals surface area contributed by atoms with Gasteiger partial charge >= 0.3 is 0 Å². The van der Waals surface area contributed by atoms with E-state index in [1.54, 1.807) is 18.2 Å². The van der Waals surface area contributed by atoms with Crippen LogP contribution in [0.2, 0.25) is 0 Å². The van der Waals surface area contributed by atoms with Crippen molar-refractivity contribution in [2.75, 3.05) is 12.4 Å². The quantitative estimate of drug-likeness (QED) is 0.588. The third-order valence-corrected chi connectivity index (χ3v) is 3.94. The number of alkyl halides is 1. The van der Waals surface area contributed by atoms with Gasteiger partial charge in [-0.2, -0.15) is 0 Å². The van der Waals surface area contributed by atoms with Crippen LogP contribution in [0.4, 0.5) is 4.39 Å². The smallest absolute Gasteiger partial charge is 0.168 e. The number of hydrogen-bond acceptors (Lipinski definition) is 1. The van der Waals surface area contributed by atoms with Gasteiger partial charge in [0.1, 0.15) is 0 Å². The fraction of sp³-hybridized carbons (Fsp3) is 0.385. The monoisotopic (exact) mass is 286 g/mol. The number of hydrogen-bond donors (Lipinski definition) is 0. The fourth-order valence-corrected chi connectivity index (χ4v) is 1.89. The highest BCUT2D eigenvalue weighted by atomic mass is 79.9. The van der Waals surface area contributed by atoms with Crippen LogP contribution in [0, 0.1) is 11.2 Å². The summed E-state index contributed by atoms with van der Waals surface area (Å²) in [7, 11) is 1.47. The first-order valence-electron chi connectivity index (χ1n) is 5.07. The number of rotatable bonds is 5. The van der Waals surface area contributed by atoms with Crippen LogP contribution < -0.4 is 4.74 Å². The van der Waals surface area contributed by atoms with E-state index in [1.165, 1.54) is 7.11 Å². The van der Waals surface area contributed by atoms with E-state index < -0.39 is 0 Å². The second-order valence-electron chi connectivity index (χ2n) is 4.10. The van der Waals surface area contributed by atoms with Crippen LogP contribution in [0.3, 0.4) is 0 Å². The van der Waals surface area contributed by atoms with Gasteiger partial charge in [-0.05, 0) is 23.5 Å². The van der Waals surface area contributed by atoms with Gasteiger partial charge in [0.15, 0.2) is 11.6 Å². The van der Waals surface area contributed by atoms with Gasteiger partial charge in [-0.25, -0.2) is 4.39 Å². The Hall–Kier alpha value is -0.830. The molecular weight excluding hydrogens is 271 g/mol. The van der Waals surface area contributed by atoms with Crippen molar-refractivity contribution >= 4 is 15.9 Å². The van der Waals surface area contributed by atoms with Gasteiger partial charge < -0.3 is 4.74 Å². The Balaban J connectivity index is 3.01. The van der Waals surface area contributed by atoms with E-state index in [0.717, 1.165) is 5.33 Å². The minimum absolute atomic E-state index is 0.146. The summed E-state index contributed by atoms with van der Waals surface area (Å²) in [6, 6.07) is 5.20. The second-order valence-corrected chi connectivity index (χ2v) is 4.66. The molecule has 0 saturated carbocycles. The topological polar surface area (TPSA) is 9.23 Å². The van der Waals surface area contributed by atoms with Crippen molar-refractivity contribution in [3.05, 3.63) is 42.2 Å². The number of methoxy groups -OCH3 is 1. The van der Waals surface area contributed by atoms with Gasteiger partial charge in [0.05, 0.1) is 7.11 Å². The first-order valence-corrected chi connectivity index (χ1v) is 6.19. The van der Waals surface area contributed by atoms with E-state index in [-0.39, 0.29) is 11.2 Å². The van der Waals surface area contributed by atoms with Crippen molar-refractivity contribution in [1.82, 2.24) is 0 Å². The molecule has 3 heteroatoms. The largest absolute Gasteiger partial charge is 0.494 e. The highest BCUT2D eigenvalue weighted by Crippen LogP contribution is 2.30. The lowest BCUT2D eigenvalue weighted by atomic mass is 9.86. The molecule has 1 unspecified atom stereocenters. The van der Waals surface area contributed by atoms with E-state index in [0.29, 0.717) is 17.7 Å². The number of allylic oxidation sites excluding steroid dienone is 1. The van der Waals surface area contributed by atoms with E-state index >= 15 is 0 Å². The van der Waals surface area contributed by atoms with Crippen molar-refractivity contribution in [2.24, 2.45) is 5.41 Å². The molecule has 0 amide bonds. The molecular formula is C13H16BrFO. The predicted octanol–water partition coefficient (Wildman–Crippen LogP) is 3.96. The second kappa shape index (κ2) is 5.48. The Kier molecular flexibility index (Phi) is 4.54. The zero-order chi connectivity index (χ0) is 12.2. The third-order valence-electron chi connectivity index (χ3n) is 2.66. The molecule has 0 aliphatic heterocycles. The summed E-state index contributed by atoms with van der Waals surface area (Å²) in [5.74, 6) is 0.0116. The van der Waals surface area contributed by atoms with Crippen molar-refractivity contribution in [3.8, 4) is 5.75 Å². The summed E-state index contributed by atoms with van der Waals surface area (Å²) in [5, 5.41) is 0.750. The highest BCUT2D eigenvalue weighted by molar-refractivity contribution is 9.09. The van der Waals surface area contributed by atoms with Gasteiger partial charge in [0, 0.05) is 5.33 Å². The Morgan fingerprint density at radius 1 is 1.56 bits per heavy atom. The van der Waals surface area contributed by atoms with Crippen molar-refractivity contribution in [3.63, 3.8) is 0 Å². The minimum atomic E-state index is -0.279. The van der Waals surface area contributed by atoms with Crippen LogP contribution in [0.5, 0.6) is 5.75 Å². The standard InChI is InChI=1S/C13H16BrFO/c1-4-13(2,9-14)8-10-6-5-7-11(16-3)12(10)15/h4-7H,1,8-9H2,2-3H3. The maximum absolute atomic E-state index is 13.9. The Morgan fingerprint density at radius 2 is 2.25 bits per heavy atom. The maximum Gasteiger partial charge on any atom is 0.168 e. The average Bonchev–Trinajstić information content (AvgIpc) is 2.32. The van der Waals surface area contributed by atoms with Crippen molar-refractivity contribution in [2.45, 2.75) is 13.3 Å². The van der Waals surface area contributed by atoms with Gasteiger partial charge in [-0.15, -0.1) is 6.58 Å². The van der Waals surface area contributed by atoms with E-state index in [4.69, 9.17) is 4.74 Å². The lowest BCUT2D eigenvalue weighted by Gasteiger charge is -2.23. The molecule has 1 aromatic rings. The Morgan fingerprint density at radius 3 is 2.75 bits per heavy atom. The molecule has 0 saturated heterocycles. The molecule has 1 aromatic carbocycles. The Bertz CT molecular complexity index is 378. The zero-order valence-electron chi connectivity index (χ0n) is 9.59. The number of benzene rings is 1. The van der Waals surface area contributed by atoms with Crippen LogP contribution in [-0.2, 0) is 6.42 Å². The van der Waals surface area contributed by atoms with Crippen LogP contribution in [-0.4, -0.2) is 12.4 Å². The summed E-state index contributed by atoms with van der Waals surface area (Å²) in [6.07, 6.45) is 2.45. The van der Waals surface area contributed by atoms with E-state index in [1.807, 2.05) is 13.0 Å². The van der Waals surface area contributed by atoms with Crippen molar-refractivity contribution < 1.29 is 9.13 Å². The average molecular weight is 287 g/mol. The predicted molar refractivity (Wildman–Crippen MR) is 68.8 cm³/mol. The summed E-state index contributed by atoms with van der Waals surface area (Å²) in [5.41, 5.74) is 0.508. The normalized spacial score (nSPS) is 14.2. The molecule has 1 rings (SSSR count). The molecule has 0 fully saturated rings. The molecule has 88 valence electrons. The molecule has 16 heavy (non-hydrogen) atoms. The first kappa shape index (κ1) is 13.2. The van der Waals surface area contributed by atoms with Crippen LogP contribution in [0.25, 0.3) is 0 Å². The van der Waals surface area contributed by atoms with Crippen molar-refractivity contribution in [1.29, 1.82) is 0 Å². The summed E-state index contributed by atoms with van der Waals surface area (Å²) >= 11 is 3.42. The molecule has 0 aliphatic carbocycles. The third kappa shape index (κ3) is 2.85. The summed E-state index contributed by atoms with van der Waals surface area (Å²) in [4.78, 5) is 0. The van der Waals surface area contributed by atoms with Gasteiger partial charge in [0.2, 0.25) is 0 Å². The van der Waals surface area contributed by atoms with E-state index in [2.05, 4.69) is 22.5 Å². The molecule has 0 radical (unpaired) electrons. The molecule has 0 N–H and O–H groups in total. The van der Waals surface area contributed by atoms with Crippen LogP contribution in [0.15, 0.2) is 30.9 Å². The molecule has 0 aliphatic rings. The minimum Gasteiger partial charge on any atom is -0.494 e. The first-order chi connectivity index (χ1) is 7.56. The van der Waals surface area contributed by atoms with Gasteiger partial charge in [-0.1, -0.05) is 41.1 Å². The number of ether oxygens (including phenoxy) is 1. The van der Waals surface area contributed by atoms with E-state index in [9.17, 15) is 4.39 Å². The highest BCUT2D eigenvalue weighted by Gasteiger charge is 2.22. The van der Waals surface area contributed by atoms with Crippen LogP contribution >= 0.6 is 15.9 Å². The fourth-order valence-electron chi connectivity index (χ4n) is 1.46. The molecule has 0 bridgehead atoms. The SMILES string of the molecule is C=CC(C)(CBr)Cc1cccc(OC)c1F. The maximum atomic E-state index is 13.9. The molecule has 0 aromatic heterocycles. The summed E-state index contributed by atoms with van der Waals surface area (Å²) in [6.45, 7) is 5.82.